The summed E-state index contributed by atoms with van der Waals surface area (Å²) < 4.78 is 0. The van der Waals surface area contributed by atoms with Crippen LogP contribution in [0.2, 0.25) is 5.02 Å². The largest absolute Gasteiger partial charge is 0.411 e. The first kappa shape index (κ1) is 14.6. The summed E-state index contributed by atoms with van der Waals surface area (Å²) >= 11 is 5.83. The molecule has 0 bridgehead atoms. The third-order valence-corrected chi connectivity index (χ3v) is 3.97. The molecule has 1 heterocycles. The van der Waals surface area contributed by atoms with Crippen molar-refractivity contribution in [3.05, 3.63) is 64.7 Å². The lowest BCUT2D eigenvalue weighted by Gasteiger charge is -2.21. The lowest BCUT2D eigenvalue weighted by molar-refractivity contribution is -0.132. The lowest BCUT2D eigenvalue weighted by Crippen LogP contribution is -2.36. The third kappa shape index (κ3) is 2.34. The smallest absolute Gasteiger partial charge is 0.261 e. The molecule has 1 aliphatic heterocycles. The van der Waals surface area contributed by atoms with E-state index < -0.39 is 11.5 Å². The number of oxime groups is 1. The molecule has 1 unspecified atom stereocenters. The van der Waals surface area contributed by atoms with Crippen LogP contribution in [0.25, 0.3) is 0 Å². The van der Waals surface area contributed by atoms with Crippen molar-refractivity contribution >= 4 is 28.9 Å². The highest BCUT2D eigenvalue weighted by molar-refractivity contribution is 6.30. The van der Waals surface area contributed by atoms with E-state index in [-0.39, 0.29) is 12.1 Å². The van der Waals surface area contributed by atoms with Gasteiger partial charge in [0, 0.05) is 22.7 Å². The Morgan fingerprint density at radius 3 is 2.55 bits per heavy atom. The van der Waals surface area contributed by atoms with Gasteiger partial charge in [-0.05, 0) is 23.8 Å². The number of hydrogen-bond donors (Lipinski definition) is 3. The van der Waals surface area contributed by atoms with Gasteiger partial charge in [-0.15, -0.1) is 0 Å². The molecule has 1 atom stereocenters. The molecule has 3 N–H and O–H groups in total. The van der Waals surface area contributed by atoms with E-state index in [0.29, 0.717) is 21.8 Å². The Morgan fingerprint density at radius 2 is 1.86 bits per heavy atom. The fourth-order valence-electron chi connectivity index (χ4n) is 2.56. The van der Waals surface area contributed by atoms with Gasteiger partial charge in [0.05, 0.1) is 5.71 Å². The fourth-order valence-corrected chi connectivity index (χ4v) is 2.68. The quantitative estimate of drug-likeness (QED) is 0.462. The number of para-hydroxylation sites is 1. The van der Waals surface area contributed by atoms with Crippen LogP contribution in [0.15, 0.2) is 53.7 Å². The van der Waals surface area contributed by atoms with Gasteiger partial charge in [-0.2, -0.15) is 0 Å². The Bertz CT molecular complexity index is 758. The van der Waals surface area contributed by atoms with Gasteiger partial charge in [0.15, 0.2) is 5.60 Å². The number of nitrogens with one attached hydrogen (secondary N) is 1. The highest BCUT2D eigenvalue weighted by atomic mass is 35.5. The first-order chi connectivity index (χ1) is 10.5. The van der Waals surface area contributed by atoms with Crippen molar-refractivity contribution < 1.29 is 15.1 Å². The molecule has 3 rings (SSSR count). The summed E-state index contributed by atoms with van der Waals surface area (Å²) in [5.74, 6) is -0.538. The maximum atomic E-state index is 12.2. The number of nitrogens with zero attached hydrogens (tertiary/aromatic N) is 1. The normalized spacial score (nSPS) is 20.6. The van der Waals surface area contributed by atoms with E-state index in [9.17, 15) is 15.1 Å². The number of rotatable bonds is 3. The van der Waals surface area contributed by atoms with Crippen LogP contribution in [-0.4, -0.2) is 21.9 Å². The second-order valence-electron chi connectivity index (χ2n) is 5.09. The molecule has 0 spiro atoms. The SMILES string of the molecule is O=C1Nc2ccccc2C1(O)C/C(=N/O)c1ccc(Cl)cc1. The van der Waals surface area contributed by atoms with Crippen molar-refractivity contribution in [3.8, 4) is 0 Å². The zero-order chi connectivity index (χ0) is 15.7. The average Bonchev–Trinajstić information content (AvgIpc) is 2.78. The minimum Gasteiger partial charge on any atom is -0.411 e. The van der Waals surface area contributed by atoms with E-state index >= 15 is 0 Å². The van der Waals surface area contributed by atoms with Gasteiger partial charge < -0.3 is 15.6 Å². The Balaban J connectivity index is 1.97. The van der Waals surface area contributed by atoms with Crippen LogP contribution in [-0.2, 0) is 10.4 Å². The molecular weight excluding hydrogens is 304 g/mol. The van der Waals surface area contributed by atoms with Crippen molar-refractivity contribution in [1.82, 2.24) is 0 Å². The number of aliphatic hydroxyl groups is 1. The predicted molar refractivity (Wildman–Crippen MR) is 83.4 cm³/mol. The van der Waals surface area contributed by atoms with Crippen LogP contribution in [0.5, 0.6) is 0 Å². The van der Waals surface area contributed by atoms with E-state index in [1.165, 1.54) is 0 Å². The van der Waals surface area contributed by atoms with Gasteiger partial charge in [-0.1, -0.05) is 47.1 Å². The number of benzene rings is 2. The van der Waals surface area contributed by atoms with E-state index in [4.69, 9.17) is 11.6 Å². The molecule has 6 heteroatoms. The molecule has 0 saturated carbocycles. The maximum absolute atomic E-state index is 12.2. The molecule has 5 nitrogen and oxygen atoms in total. The Labute approximate surface area is 131 Å². The summed E-state index contributed by atoms with van der Waals surface area (Å²) in [6, 6.07) is 13.5. The molecule has 0 radical (unpaired) electrons. The predicted octanol–water partition coefficient (Wildman–Crippen LogP) is 2.75. The molecule has 0 fully saturated rings. The molecule has 0 aliphatic carbocycles. The Morgan fingerprint density at radius 1 is 1.18 bits per heavy atom. The third-order valence-electron chi connectivity index (χ3n) is 3.72. The topological polar surface area (TPSA) is 81.9 Å². The molecular formula is C16H13ClN2O3. The van der Waals surface area contributed by atoms with Crippen LogP contribution in [0.3, 0.4) is 0 Å². The Kier molecular flexibility index (Phi) is 3.60. The molecule has 22 heavy (non-hydrogen) atoms. The number of carbonyl (C=O) groups excluding carboxylic acids is 1. The molecule has 2 aromatic carbocycles. The van der Waals surface area contributed by atoms with Crippen molar-refractivity contribution in [2.24, 2.45) is 5.16 Å². The van der Waals surface area contributed by atoms with Crippen LogP contribution in [0.1, 0.15) is 17.5 Å². The number of hydrogen-bond acceptors (Lipinski definition) is 4. The second-order valence-corrected chi connectivity index (χ2v) is 5.53. The minimum absolute atomic E-state index is 0.145. The van der Waals surface area contributed by atoms with Crippen molar-refractivity contribution in [2.45, 2.75) is 12.0 Å². The first-order valence-corrected chi connectivity index (χ1v) is 7.02. The number of fused-ring (bicyclic) bond motifs is 1. The van der Waals surface area contributed by atoms with Crippen molar-refractivity contribution in [3.63, 3.8) is 0 Å². The fraction of sp³-hybridized carbons (Fsp3) is 0.125. The van der Waals surface area contributed by atoms with Gasteiger partial charge in [-0.3, -0.25) is 4.79 Å². The van der Waals surface area contributed by atoms with Crippen LogP contribution < -0.4 is 5.32 Å². The van der Waals surface area contributed by atoms with E-state index in [2.05, 4.69) is 10.5 Å². The van der Waals surface area contributed by atoms with Crippen LogP contribution >= 0.6 is 11.6 Å². The highest BCUT2D eigenvalue weighted by Gasteiger charge is 2.46. The zero-order valence-electron chi connectivity index (χ0n) is 11.5. The summed E-state index contributed by atoms with van der Waals surface area (Å²) in [6.07, 6.45) is -0.145. The van der Waals surface area contributed by atoms with E-state index in [0.717, 1.165) is 0 Å². The summed E-state index contributed by atoms with van der Waals surface area (Å²) in [7, 11) is 0. The minimum atomic E-state index is -1.77. The number of carbonyl (C=O) groups is 1. The van der Waals surface area contributed by atoms with E-state index in [1.54, 1.807) is 48.5 Å². The zero-order valence-corrected chi connectivity index (χ0v) is 12.2. The molecule has 0 saturated heterocycles. The lowest BCUT2D eigenvalue weighted by atomic mass is 9.88. The Hall–Kier alpha value is -2.37. The average molecular weight is 317 g/mol. The summed E-state index contributed by atoms with van der Waals surface area (Å²) in [5, 5.41) is 26.5. The number of anilines is 1. The second kappa shape index (κ2) is 5.44. The summed E-state index contributed by atoms with van der Waals surface area (Å²) in [4.78, 5) is 12.2. The number of amides is 1. The van der Waals surface area contributed by atoms with Gasteiger partial charge in [0.25, 0.3) is 5.91 Å². The van der Waals surface area contributed by atoms with Gasteiger partial charge in [0.1, 0.15) is 0 Å². The van der Waals surface area contributed by atoms with Crippen molar-refractivity contribution in [2.75, 3.05) is 5.32 Å². The van der Waals surface area contributed by atoms with Crippen molar-refractivity contribution in [1.29, 1.82) is 0 Å². The summed E-state index contributed by atoms with van der Waals surface area (Å²) in [5.41, 5.74) is 0.0414. The summed E-state index contributed by atoms with van der Waals surface area (Å²) in [6.45, 7) is 0. The molecule has 112 valence electrons. The maximum Gasteiger partial charge on any atom is 0.261 e. The van der Waals surface area contributed by atoms with Gasteiger partial charge in [-0.25, -0.2) is 0 Å². The molecule has 0 aromatic heterocycles. The molecule has 1 amide bonds. The number of halogens is 1. The van der Waals surface area contributed by atoms with Crippen LogP contribution in [0, 0.1) is 0 Å². The van der Waals surface area contributed by atoms with Gasteiger partial charge in [0.2, 0.25) is 0 Å². The highest BCUT2D eigenvalue weighted by Crippen LogP contribution is 2.38. The molecule has 1 aliphatic rings. The van der Waals surface area contributed by atoms with Crippen LogP contribution in [0.4, 0.5) is 5.69 Å². The first-order valence-electron chi connectivity index (χ1n) is 6.65. The monoisotopic (exact) mass is 316 g/mol. The van der Waals surface area contributed by atoms with E-state index in [1.807, 2.05) is 0 Å². The molecule has 2 aromatic rings. The standard InChI is InChI=1S/C16H13ClN2O3/c17-11-7-5-10(6-8-11)14(19-22)9-16(21)12-3-1-2-4-13(12)18-15(16)20/h1-8,21-22H,9H2,(H,18,20)/b19-14-. The van der Waals surface area contributed by atoms with Gasteiger partial charge >= 0.3 is 0 Å².